The van der Waals surface area contributed by atoms with Gasteiger partial charge in [0.15, 0.2) is 0 Å². The normalized spacial score (nSPS) is 17.2. The van der Waals surface area contributed by atoms with Crippen molar-refractivity contribution in [1.29, 1.82) is 0 Å². The van der Waals surface area contributed by atoms with Crippen LogP contribution in [0.15, 0.2) is 12.1 Å². The molecule has 0 amide bonds. The minimum Gasteiger partial charge on any atom is -0.357 e. The third kappa shape index (κ3) is 3.69. The first-order valence-corrected chi connectivity index (χ1v) is 7.50. The third-order valence-electron chi connectivity index (χ3n) is 3.97. The SMILES string of the molecule is CNCc1cc(C(C)C)nc(N2CCC(C)CC2)c1. The van der Waals surface area contributed by atoms with E-state index in [0.717, 1.165) is 25.6 Å². The number of nitrogens with one attached hydrogen (secondary N) is 1. The molecule has 0 aliphatic carbocycles. The topological polar surface area (TPSA) is 28.2 Å². The Morgan fingerprint density at radius 2 is 2.00 bits per heavy atom. The number of pyridine rings is 1. The van der Waals surface area contributed by atoms with Gasteiger partial charge in [0.25, 0.3) is 0 Å². The van der Waals surface area contributed by atoms with Crippen molar-refractivity contribution < 1.29 is 0 Å². The van der Waals surface area contributed by atoms with Crippen molar-refractivity contribution in [3.8, 4) is 0 Å². The predicted octanol–water partition coefficient (Wildman–Crippen LogP) is 3.16. The maximum absolute atomic E-state index is 4.86. The van der Waals surface area contributed by atoms with E-state index in [-0.39, 0.29) is 0 Å². The number of hydrogen-bond acceptors (Lipinski definition) is 3. The molecule has 1 aromatic rings. The van der Waals surface area contributed by atoms with Crippen LogP contribution in [0.5, 0.6) is 0 Å². The fourth-order valence-corrected chi connectivity index (χ4v) is 2.60. The standard InChI is InChI=1S/C16H27N3/c1-12(2)15-9-14(11-17-4)10-16(18-15)19-7-5-13(3)6-8-19/h9-10,12-13,17H,5-8,11H2,1-4H3. The summed E-state index contributed by atoms with van der Waals surface area (Å²) >= 11 is 0. The second-order valence-electron chi connectivity index (χ2n) is 6.11. The number of hydrogen-bond donors (Lipinski definition) is 1. The molecule has 0 saturated carbocycles. The van der Waals surface area contributed by atoms with Gasteiger partial charge in [0.2, 0.25) is 0 Å². The predicted molar refractivity (Wildman–Crippen MR) is 81.7 cm³/mol. The van der Waals surface area contributed by atoms with Gasteiger partial charge in [-0.2, -0.15) is 0 Å². The molecule has 2 heterocycles. The maximum atomic E-state index is 4.86. The van der Waals surface area contributed by atoms with Crippen LogP contribution in [-0.2, 0) is 6.54 Å². The zero-order valence-corrected chi connectivity index (χ0v) is 12.7. The molecule has 106 valence electrons. The fraction of sp³-hybridized carbons (Fsp3) is 0.688. The number of rotatable bonds is 4. The van der Waals surface area contributed by atoms with Crippen LogP contribution in [0.25, 0.3) is 0 Å². The Hall–Kier alpha value is -1.09. The molecular formula is C16H27N3. The first-order valence-electron chi connectivity index (χ1n) is 7.50. The minimum atomic E-state index is 0.485. The summed E-state index contributed by atoms with van der Waals surface area (Å²) in [5, 5.41) is 3.24. The Labute approximate surface area is 117 Å². The van der Waals surface area contributed by atoms with Gasteiger partial charge in [0.1, 0.15) is 5.82 Å². The van der Waals surface area contributed by atoms with Gasteiger partial charge in [-0.25, -0.2) is 4.98 Å². The van der Waals surface area contributed by atoms with Crippen LogP contribution in [0.1, 0.15) is 50.8 Å². The van der Waals surface area contributed by atoms with Crippen molar-refractivity contribution in [2.75, 3.05) is 25.0 Å². The summed E-state index contributed by atoms with van der Waals surface area (Å²) in [6.07, 6.45) is 2.57. The summed E-state index contributed by atoms with van der Waals surface area (Å²) in [7, 11) is 2.00. The van der Waals surface area contributed by atoms with Crippen molar-refractivity contribution in [1.82, 2.24) is 10.3 Å². The van der Waals surface area contributed by atoms with E-state index in [9.17, 15) is 0 Å². The summed E-state index contributed by atoms with van der Waals surface area (Å²) in [4.78, 5) is 7.31. The molecular weight excluding hydrogens is 234 g/mol. The number of nitrogens with zero attached hydrogens (tertiary/aromatic N) is 2. The number of anilines is 1. The quantitative estimate of drug-likeness (QED) is 0.902. The molecule has 0 unspecified atom stereocenters. The van der Waals surface area contributed by atoms with Crippen LogP contribution in [0.2, 0.25) is 0 Å². The van der Waals surface area contributed by atoms with Gasteiger partial charge in [0, 0.05) is 25.3 Å². The molecule has 1 aliphatic heterocycles. The van der Waals surface area contributed by atoms with Crippen LogP contribution in [-0.4, -0.2) is 25.1 Å². The monoisotopic (exact) mass is 261 g/mol. The summed E-state index contributed by atoms with van der Waals surface area (Å²) in [6, 6.07) is 4.48. The largest absolute Gasteiger partial charge is 0.357 e. The number of aromatic nitrogens is 1. The Balaban J connectivity index is 2.23. The Kier molecular flexibility index (Phi) is 4.81. The molecule has 1 N–H and O–H groups in total. The molecule has 0 aromatic carbocycles. The molecule has 1 fully saturated rings. The fourth-order valence-electron chi connectivity index (χ4n) is 2.60. The molecule has 1 saturated heterocycles. The Morgan fingerprint density at radius 3 is 2.58 bits per heavy atom. The van der Waals surface area contributed by atoms with Crippen molar-refractivity contribution >= 4 is 5.82 Å². The van der Waals surface area contributed by atoms with Gasteiger partial charge in [-0.1, -0.05) is 20.8 Å². The molecule has 0 atom stereocenters. The van der Waals surface area contributed by atoms with Gasteiger partial charge >= 0.3 is 0 Å². The molecule has 0 radical (unpaired) electrons. The molecule has 3 heteroatoms. The number of piperidine rings is 1. The van der Waals surface area contributed by atoms with Gasteiger partial charge < -0.3 is 10.2 Å². The first kappa shape index (κ1) is 14.3. The highest BCUT2D eigenvalue weighted by molar-refractivity contribution is 5.43. The van der Waals surface area contributed by atoms with Gasteiger partial charge in [0.05, 0.1) is 0 Å². The molecule has 1 aliphatic rings. The van der Waals surface area contributed by atoms with Crippen molar-refractivity contribution in [3.05, 3.63) is 23.4 Å². The van der Waals surface area contributed by atoms with E-state index >= 15 is 0 Å². The highest BCUT2D eigenvalue weighted by Gasteiger charge is 2.18. The van der Waals surface area contributed by atoms with E-state index in [4.69, 9.17) is 4.98 Å². The average molecular weight is 261 g/mol. The van der Waals surface area contributed by atoms with Gasteiger partial charge in [-0.15, -0.1) is 0 Å². The summed E-state index contributed by atoms with van der Waals surface area (Å²) < 4.78 is 0. The lowest BCUT2D eigenvalue weighted by atomic mass is 9.99. The highest BCUT2D eigenvalue weighted by atomic mass is 15.2. The summed E-state index contributed by atoms with van der Waals surface area (Å²) in [5.74, 6) is 2.52. The van der Waals surface area contributed by atoms with E-state index < -0.39 is 0 Å². The van der Waals surface area contributed by atoms with E-state index in [1.54, 1.807) is 0 Å². The van der Waals surface area contributed by atoms with Crippen LogP contribution in [0, 0.1) is 5.92 Å². The highest BCUT2D eigenvalue weighted by Crippen LogP contribution is 2.24. The lowest BCUT2D eigenvalue weighted by molar-refractivity contribution is 0.436. The Bertz CT molecular complexity index is 406. The van der Waals surface area contributed by atoms with Crippen molar-refractivity contribution in [3.63, 3.8) is 0 Å². The second-order valence-corrected chi connectivity index (χ2v) is 6.11. The zero-order valence-electron chi connectivity index (χ0n) is 12.7. The van der Waals surface area contributed by atoms with Gasteiger partial charge in [-0.3, -0.25) is 0 Å². The van der Waals surface area contributed by atoms with Crippen LogP contribution >= 0.6 is 0 Å². The zero-order chi connectivity index (χ0) is 13.8. The average Bonchev–Trinajstić information content (AvgIpc) is 2.39. The van der Waals surface area contributed by atoms with Crippen molar-refractivity contribution in [2.24, 2.45) is 5.92 Å². The minimum absolute atomic E-state index is 0.485. The van der Waals surface area contributed by atoms with Crippen LogP contribution in [0.3, 0.4) is 0 Å². The third-order valence-corrected chi connectivity index (χ3v) is 3.97. The van der Waals surface area contributed by atoms with Crippen molar-refractivity contribution in [2.45, 2.75) is 46.1 Å². The van der Waals surface area contributed by atoms with E-state index in [1.165, 1.54) is 29.9 Å². The van der Waals surface area contributed by atoms with Crippen LogP contribution in [0.4, 0.5) is 5.82 Å². The van der Waals surface area contributed by atoms with E-state index in [2.05, 4.69) is 43.1 Å². The first-order chi connectivity index (χ1) is 9.10. The molecule has 0 bridgehead atoms. The van der Waals surface area contributed by atoms with Crippen LogP contribution < -0.4 is 10.2 Å². The molecule has 19 heavy (non-hydrogen) atoms. The lowest BCUT2D eigenvalue weighted by Gasteiger charge is -2.32. The lowest BCUT2D eigenvalue weighted by Crippen LogP contribution is -2.33. The maximum Gasteiger partial charge on any atom is 0.129 e. The molecule has 1 aromatic heterocycles. The van der Waals surface area contributed by atoms with Gasteiger partial charge in [-0.05, 0) is 49.4 Å². The smallest absolute Gasteiger partial charge is 0.129 e. The second kappa shape index (κ2) is 6.38. The molecule has 3 nitrogen and oxygen atoms in total. The Morgan fingerprint density at radius 1 is 1.32 bits per heavy atom. The molecule has 0 spiro atoms. The summed E-state index contributed by atoms with van der Waals surface area (Å²) in [6.45, 7) is 9.99. The summed E-state index contributed by atoms with van der Waals surface area (Å²) in [5.41, 5.74) is 2.55. The van der Waals surface area contributed by atoms with E-state index in [0.29, 0.717) is 5.92 Å². The van der Waals surface area contributed by atoms with E-state index in [1.807, 2.05) is 7.05 Å². The molecule has 2 rings (SSSR count).